The second-order valence-electron chi connectivity index (χ2n) is 4.33. The zero-order chi connectivity index (χ0) is 15.1. The molecule has 2 rings (SSSR count). The van der Waals surface area contributed by atoms with E-state index in [2.05, 4.69) is 10.5 Å². The van der Waals surface area contributed by atoms with Gasteiger partial charge in [-0.1, -0.05) is 36.4 Å². The van der Waals surface area contributed by atoms with Gasteiger partial charge >= 0.3 is 0 Å². The Labute approximate surface area is 122 Å². The first-order chi connectivity index (χ1) is 10.2. The minimum atomic E-state index is -0.704. The van der Waals surface area contributed by atoms with Gasteiger partial charge in [0.25, 0.3) is 5.91 Å². The van der Waals surface area contributed by atoms with Crippen molar-refractivity contribution < 1.29 is 13.9 Å². The number of carbonyl (C=O) groups excluding carboxylic acids is 1. The molecule has 0 aliphatic rings. The topological polar surface area (TPSA) is 50.7 Å². The highest BCUT2D eigenvalue weighted by molar-refractivity contribution is 5.84. The van der Waals surface area contributed by atoms with Crippen LogP contribution in [-0.2, 0) is 4.79 Å². The smallest absolute Gasteiger partial charge is 0.280 e. The number of carbonyl (C=O) groups is 1. The highest BCUT2D eigenvalue weighted by Crippen LogP contribution is 2.10. The van der Waals surface area contributed by atoms with Crippen LogP contribution < -0.4 is 10.2 Å². The number of rotatable bonds is 5. The quantitative estimate of drug-likeness (QED) is 0.678. The van der Waals surface area contributed by atoms with E-state index in [-0.39, 0.29) is 0 Å². The number of hydrogen-bond donors (Lipinski definition) is 1. The van der Waals surface area contributed by atoms with E-state index >= 15 is 0 Å². The zero-order valence-corrected chi connectivity index (χ0v) is 11.5. The predicted molar refractivity (Wildman–Crippen MR) is 78.7 cm³/mol. The van der Waals surface area contributed by atoms with Crippen molar-refractivity contribution in [2.75, 3.05) is 0 Å². The maximum Gasteiger partial charge on any atom is 0.280 e. The van der Waals surface area contributed by atoms with Crippen molar-refractivity contribution in [2.45, 2.75) is 13.0 Å². The second-order valence-corrected chi connectivity index (χ2v) is 4.33. The molecule has 108 valence electrons. The number of ether oxygens (including phenoxy) is 1. The Hall–Kier alpha value is -2.69. The molecule has 0 unspecified atom stereocenters. The highest BCUT2D eigenvalue weighted by Gasteiger charge is 2.13. The molecule has 5 heteroatoms. The molecule has 0 radical (unpaired) electrons. The van der Waals surface area contributed by atoms with Gasteiger partial charge in [0.2, 0.25) is 0 Å². The molecule has 1 amide bonds. The third-order valence-electron chi connectivity index (χ3n) is 2.71. The minimum Gasteiger partial charge on any atom is -0.481 e. The van der Waals surface area contributed by atoms with Crippen molar-refractivity contribution in [1.82, 2.24) is 5.43 Å². The van der Waals surface area contributed by atoms with Crippen molar-refractivity contribution in [2.24, 2.45) is 5.10 Å². The van der Waals surface area contributed by atoms with Crippen LogP contribution in [0.25, 0.3) is 0 Å². The Morgan fingerprint density at radius 3 is 2.57 bits per heavy atom. The standard InChI is InChI=1S/C16H15FN2O2/c1-12(21-14-8-3-2-4-9-14)16(20)19-18-11-13-7-5-6-10-15(13)17/h2-12H,1H3,(H,19,20)/b18-11-/t12-/m0/s1. The Morgan fingerprint density at radius 2 is 1.86 bits per heavy atom. The van der Waals surface area contributed by atoms with Gasteiger partial charge in [-0.15, -0.1) is 0 Å². The maximum atomic E-state index is 13.3. The minimum absolute atomic E-state index is 0.300. The van der Waals surface area contributed by atoms with Crippen LogP contribution in [0.2, 0.25) is 0 Å². The summed E-state index contributed by atoms with van der Waals surface area (Å²) in [6, 6.07) is 15.2. The number of hydrogen-bond acceptors (Lipinski definition) is 3. The van der Waals surface area contributed by atoms with Gasteiger partial charge in [-0.2, -0.15) is 5.10 Å². The average molecular weight is 286 g/mol. The third-order valence-corrected chi connectivity index (χ3v) is 2.71. The summed E-state index contributed by atoms with van der Waals surface area (Å²) in [5, 5.41) is 3.72. The Morgan fingerprint density at radius 1 is 1.19 bits per heavy atom. The first-order valence-electron chi connectivity index (χ1n) is 6.46. The van der Waals surface area contributed by atoms with Gasteiger partial charge < -0.3 is 4.74 Å². The van der Waals surface area contributed by atoms with Crippen molar-refractivity contribution >= 4 is 12.1 Å². The molecule has 21 heavy (non-hydrogen) atoms. The van der Waals surface area contributed by atoms with Gasteiger partial charge in [0.05, 0.1) is 6.21 Å². The molecule has 0 aliphatic heterocycles. The van der Waals surface area contributed by atoms with Gasteiger partial charge in [0.15, 0.2) is 6.10 Å². The molecule has 1 atom stereocenters. The number of hydrazone groups is 1. The van der Waals surface area contributed by atoms with Crippen LogP contribution in [0.1, 0.15) is 12.5 Å². The van der Waals surface area contributed by atoms with E-state index in [9.17, 15) is 9.18 Å². The summed E-state index contributed by atoms with van der Waals surface area (Å²) in [5.74, 6) is -0.214. The van der Waals surface area contributed by atoms with Crippen molar-refractivity contribution in [3.05, 3.63) is 66.0 Å². The number of nitrogens with zero attached hydrogens (tertiary/aromatic N) is 1. The molecule has 0 saturated carbocycles. The largest absolute Gasteiger partial charge is 0.481 e. The molecule has 0 saturated heterocycles. The number of para-hydroxylation sites is 1. The molecular weight excluding hydrogens is 271 g/mol. The van der Waals surface area contributed by atoms with Gasteiger partial charge in [-0.25, -0.2) is 9.82 Å². The molecule has 0 bridgehead atoms. The molecule has 0 spiro atoms. The third kappa shape index (κ3) is 4.42. The summed E-state index contributed by atoms with van der Waals surface area (Å²) in [5.41, 5.74) is 2.62. The number of nitrogens with one attached hydrogen (secondary N) is 1. The van der Waals surface area contributed by atoms with Crippen LogP contribution in [-0.4, -0.2) is 18.2 Å². The summed E-state index contributed by atoms with van der Waals surface area (Å²) >= 11 is 0. The van der Waals surface area contributed by atoms with Crippen LogP contribution in [0.5, 0.6) is 5.75 Å². The van der Waals surface area contributed by atoms with Gasteiger partial charge in [0.1, 0.15) is 11.6 Å². The SMILES string of the molecule is C[C@H](Oc1ccccc1)C(=O)N/N=C\c1ccccc1F. The number of halogens is 1. The summed E-state index contributed by atoms with van der Waals surface area (Å²) in [6.45, 7) is 1.61. The second kappa shape index (κ2) is 7.19. The van der Waals surface area contributed by atoms with E-state index in [1.807, 2.05) is 18.2 Å². The van der Waals surface area contributed by atoms with E-state index in [1.54, 1.807) is 37.3 Å². The molecule has 1 N–H and O–H groups in total. The zero-order valence-electron chi connectivity index (χ0n) is 11.5. The first kappa shape index (κ1) is 14.7. The predicted octanol–water partition coefficient (Wildman–Crippen LogP) is 2.74. The van der Waals surface area contributed by atoms with Crippen LogP contribution in [0.4, 0.5) is 4.39 Å². The maximum absolute atomic E-state index is 13.3. The molecule has 0 aliphatic carbocycles. The Balaban J connectivity index is 1.88. The van der Waals surface area contributed by atoms with E-state index < -0.39 is 17.8 Å². The lowest BCUT2D eigenvalue weighted by molar-refractivity contribution is -0.127. The Bertz CT molecular complexity index is 629. The van der Waals surface area contributed by atoms with E-state index in [0.29, 0.717) is 11.3 Å². The van der Waals surface area contributed by atoms with Gasteiger partial charge in [0, 0.05) is 5.56 Å². The summed E-state index contributed by atoms with van der Waals surface area (Å²) in [4.78, 5) is 11.8. The molecular formula is C16H15FN2O2. The lowest BCUT2D eigenvalue weighted by Crippen LogP contribution is -2.33. The Kier molecular flexibility index (Phi) is 5.04. The van der Waals surface area contributed by atoms with Gasteiger partial charge in [-0.3, -0.25) is 4.79 Å². The molecule has 4 nitrogen and oxygen atoms in total. The first-order valence-corrected chi connectivity index (χ1v) is 6.46. The average Bonchev–Trinajstić information content (AvgIpc) is 2.50. The molecule has 0 fully saturated rings. The van der Waals surface area contributed by atoms with Crippen LogP contribution in [0, 0.1) is 5.82 Å². The number of amides is 1. The van der Waals surface area contributed by atoms with Crippen molar-refractivity contribution in [3.8, 4) is 5.75 Å². The molecule has 0 aromatic heterocycles. The summed E-state index contributed by atoms with van der Waals surface area (Å²) in [7, 11) is 0. The van der Waals surface area contributed by atoms with Crippen LogP contribution in [0.15, 0.2) is 59.7 Å². The fourth-order valence-corrected chi connectivity index (χ4v) is 1.59. The van der Waals surface area contributed by atoms with Gasteiger partial charge in [-0.05, 0) is 25.1 Å². The molecule has 2 aromatic rings. The van der Waals surface area contributed by atoms with Crippen LogP contribution in [0.3, 0.4) is 0 Å². The molecule has 0 heterocycles. The lowest BCUT2D eigenvalue weighted by atomic mass is 10.2. The lowest BCUT2D eigenvalue weighted by Gasteiger charge is -2.12. The fraction of sp³-hybridized carbons (Fsp3) is 0.125. The monoisotopic (exact) mass is 286 g/mol. The van der Waals surface area contributed by atoms with E-state index in [1.165, 1.54) is 12.3 Å². The van der Waals surface area contributed by atoms with Crippen molar-refractivity contribution in [1.29, 1.82) is 0 Å². The van der Waals surface area contributed by atoms with Crippen molar-refractivity contribution in [3.63, 3.8) is 0 Å². The normalized spacial score (nSPS) is 12.1. The fourth-order valence-electron chi connectivity index (χ4n) is 1.59. The molecule has 2 aromatic carbocycles. The highest BCUT2D eigenvalue weighted by atomic mass is 19.1. The van der Waals surface area contributed by atoms with E-state index in [0.717, 1.165) is 0 Å². The summed E-state index contributed by atoms with van der Waals surface area (Å²) < 4.78 is 18.8. The van der Waals surface area contributed by atoms with E-state index in [4.69, 9.17) is 4.74 Å². The number of benzene rings is 2. The summed E-state index contributed by atoms with van der Waals surface area (Å²) in [6.07, 6.45) is 0.549. The van der Waals surface area contributed by atoms with Crippen LogP contribution >= 0.6 is 0 Å².